The van der Waals surface area contributed by atoms with Crippen molar-refractivity contribution in [3.63, 3.8) is 0 Å². The number of carbonyl (C=O) groups excluding carboxylic acids is 2. The van der Waals surface area contributed by atoms with Crippen molar-refractivity contribution in [2.24, 2.45) is 5.92 Å². The second-order valence-corrected chi connectivity index (χ2v) is 5.68. The van der Waals surface area contributed by atoms with Crippen LogP contribution in [0.5, 0.6) is 0 Å². The molecule has 1 aromatic heterocycles. The Bertz CT molecular complexity index is 793. The summed E-state index contributed by atoms with van der Waals surface area (Å²) in [7, 11) is 0. The molecule has 0 fully saturated rings. The van der Waals surface area contributed by atoms with Gasteiger partial charge in [0.05, 0.1) is 22.6 Å². The quantitative estimate of drug-likeness (QED) is 0.640. The molecule has 21 heavy (non-hydrogen) atoms. The molecule has 0 spiro atoms. The molecule has 0 saturated heterocycles. The molecule has 0 saturated carbocycles. The van der Waals surface area contributed by atoms with Crippen LogP contribution in [-0.4, -0.2) is 11.6 Å². The standard InChI is InChI=1S/C16H10N2O2S/c1-10-5-6-14(21-10)16(20)13(9-18)15(19)12-4-2-3-11(7-12)8-17/h2-7,13H,1H3/t13-/m1/s1. The normalized spacial score (nSPS) is 11.2. The van der Waals surface area contributed by atoms with Crippen molar-refractivity contribution in [2.75, 3.05) is 0 Å². The minimum Gasteiger partial charge on any atom is -0.292 e. The molecule has 0 N–H and O–H groups in total. The van der Waals surface area contributed by atoms with Gasteiger partial charge in [-0.1, -0.05) is 12.1 Å². The minimum absolute atomic E-state index is 0.197. The number of thiophene rings is 1. The summed E-state index contributed by atoms with van der Waals surface area (Å²) in [5, 5.41) is 18.0. The number of benzene rings is 1. The zero-order valence-corrected chi connectivity index (χ0v) is 12.0. The van der Waals surface area contributed by atoms with Gasteiger partial charge < -0.3 is 0 Å². The zero-order valence-electron chi connectivity index (χ0n) is 11.2. The van der Waals surface area contributed by atoms with E-state index in [1.54, 1.807) is 30.3 Å². The van der Waals surface area contributed by atoms with Crippen LogP contribution in [0.15, 0.2) is 36.4 Å². The summed E-state index contributed by atoms with van der Waals surface area (Å²) in [4.78, 5) is 25.9. The average molecular weight is 294 g/mol. The van der Waals surface area contributed by atoms with Crippen LogP contribution < -0.4 is 0 Å². The van der Waals surface area contributed by atoms with Crippen LogP contribution in [0.3, 0.4) is 0 Å². The van der Waals surface area contributed by atoms with Gasteiger partial charge in [0, 0.05) is 10.4 Å². The number of Topliss-reactive ketones (excluding diaryl/α,β-unsaturated/α-hetero) is 2. The fraction of sp³-hybridized carbons (Fsp3) is 0.125. The summed E-state index contributed by atoms with van der Waals surface area (Å²) < 4.78 is 0. The van der Waals surface area contributed by atoms with Crippen molar-refractivity contribution in [3.8, 4) is 12.1 Å². The molecule has 1 heterocycles. The number of ketones is 2. The SMILES string of the molecule is Cc1ccc(C(=O)[C@H](C#N)C(=O)c2cccc(C#N)c2)s1. The largest absolute Gasteiger partial charge is 0.292 e. The van der Waals surface area contributed by atoms with E-state index in [1.165, 1.54) is 23.5 Å². The Hall–Kier alpha value is -2.76. The Balaban J connectivity index is 2.33. The van der Waals surface area contributed by atoms with Gasteiger partial charge in [0.15, 0.2) is 17.5 Å². The number of rotatable bonds is 4. The van der Waals surface area contributed by atoms with Crippen molar-refractivity contribution in [3.05, 3.63) is 57.3 Å². The van der Waals surface area contributed by atoms with Gasteiger partial charge in [0.25, 0.3) is 0 Å². The predicted octanol–water partition coefficient (Wildman–Crippen LogP) is 3.13. The second-order valence-electron chi connectivity index (χ2n) is 4.39. The molecule has 5 heteroatoms. The van der Waals surface area contributed by atoms with E-state index < -0.39 is 17.5 Å². The smallest absolute Gasteiger partial charge is 0.197 e. The monoisotopic (exact) mass is 294 g/mol. The summed E-state index contributed by atoms with van der Waals surface area (Å²) >= 11 is 1.25. The first-order valence-corrected chi connectivity index (χ1v) is 6.93. The third-order valence-electron chi connectivity index (χ3n) is 2.91. The fourth-order valence-electron chi connectivity index (χ4n) is 1.85. The van der Waals surface area contributed by atoms with Crippen LogP contribution in [0.4, 0.5) is 0 Å². The van der Waals surface area contributed by atoms with Gasteiger partial charge in [-0.3, -0.25) is 9.59 Å². The van der Waals surface area contributed by atoms with E-state index in [9.17, 15) is 14.9 Å². The van der Waals surface area contributed by atoms with Crippen LogP contribution in [0.25, 0.3) is 0 Å². The van der Waals surface area contributed by atoms with Gasteiger partial charge in [0.2, 0.25) is 0 Å². The summed E-state index contributed by atoms with van der Waals surface area (Å²) in [6, 6.07) is 13.1. The molecule has 1 atom stereocenters. The van der Waals surface area contributed by atoms with Gasteiger partial charge in [-0.15, -0.1) is 11.3 Å². The highest BCUT2D eigenvalue weighted by atomic mass is 32.1. The number of nitrogens with zero attached hydrogens (tertiary/aromatic N) is 2. The third kappa shape index (κ3) is 3.05. The van der Waals surface area contributed by atoms with E-state index >= 15 is 0 Å². The number of aryl methyl sites for hydroxylation is 1. The fourth-order valence-corrected chi connectivity index (χ4v) is 2.69. The lowest BCUT2D eigenvalue weighted by molar-refractivity contribution is 0.0848. The van der Waals surface area contributed by atoms with Gasteiger partial charge in [0.1, 0.15) is 0 Å². The molecule has 0 bridgehead atoms. The maximum atomic E-state index is 12.3. The van der Waals surface area contributed by atoms with Crippen molar-refractivity contribution in [1.29, 1.82) is 10.5 Å². The Morgan fingerprint density at radius 2 is 1.90 bits per heavy atom. The number of carbonyl (C=O) groups is 2. The second kappa shape index (κ2) is 6.13. The van der Waals surface area contributed by atoms with Crippen LogP contribution >= 0.6 is 11.3 Å². The maximum absolute atomic E-state index is 12.3. The molecule has 0 unspecified atom stereocenters. The molecule has 0 aliphatic heterocycles. The van der Waals surface area contributed by atoms with Crippen LogP contribution in [-0.2, 0) is 0 Å². The summed E-state index contributed by atoms with van der Waals surface area (Å²) in [6.45, 7) is 1.85. The predicted molar refractivity (Wildman–Crippen MR) is 78.0 cm³/mol. The van der Waals surface area contributed by atoms with E-state index in [-0.39, 0.29) is 5.56 Å². The van der Waals surface area contributed by atoms with Crippen molar-refractivity contribution >= 4 is 22.9 Å². The molecule has 2 aromatic rings. The topological polar surface area (TPSA) is 81.7 Å². The number of hydrogen-bond donors (Lipinski definition) is 0. The van der Waals surface area contributed by atoms with Gasteiger partial charge in [-0.25, -0.2) is 0 Å². The average Bonchev–Trinajstić information content (AvgIpc) is 2.94. The zero-order chi connectivity index (χ0) is 15.4. The highest BCUT2D eigenvalue weighted by Gasteiger charge is 2.29. The maximum Gasteiger partial charge on any atom is 0.197 e. The van der Waals surface area contributed by atoms with Crippen molar-refractivity contribution in [2.45, 2.75) is 6.92 Å². The van der Waals surface area contributed by atoms with Crippen LogP contribution in [0.2, 0.25) is 0 Å². The molecule has 0 amide bonds. The lowest BCUT2D eigenvalue weighted by Crippen LogP contribution is -2.22. The minimum atomic E-state index is -1.38. The lowest BCUT2D eigenvalue weighted by Gasteiger charge is -2.06. The van der Waals surface area contributed by atoms with Crippen LogP contribution in [0, 0.1) is 35.5 Å². The number of nitriles is 2. The Morgan fingerprint density at radius 3 is 2.48 bits per heavy atom. The molecule has 4 nitrogen and oxygen atoms in total. The third-order valence-corrected chi connectivity index (χ3v) is 3.93. The van der Waals surface area contributed by atoms with Gasteiger partial charge >= 0.3 is 0 Å². The van der Waals surface area contributed by atoms with Crippen molar-refractivity contribution < 1.29 is 9.59 Å². The summed E-state index contributed by atoms with van der Waals surface area (Å²) in [6.07, 6.45) is 0. The molecular formula is C16H10N2O2S. The molecular weight excluding hydrogens is 284 g/mol. The molecule has 102 valence electrons. The molecule has 2 rings (SSSR count). The van der Waals surface area contributed by atoms with E-state index in [0.717, 1.165) is 4.88 Å². The van der Waals surface area contributed by atoms with E-state index in [2.05, 4.69) is 0 Å². The molecule has 1 aromatic carbocycles. The highest BCUT2D eigenvalue weighted by Crippen LogP contribution is 2.21. The van der Waals surface area contributed by atoms with Crippen molar-refractivity contribution in [1.82, 2.24) is 0 Å². The Kier molecular flexibility index (Phi) is 4.27. The Morgan fingerprint density at radius 1 is 1.14 bits per heavy atom. The molecule has 0 radical (unpaired) electrons. The summed E-state index contributed by atoms with van der Waals surface area (Å²) in [5.41, 5.74) is 0.513. The van der Waals surface area contributed by atoms with Gasteiger partial charge in [-0.2, -0.15) is 10.5 Å². The first-order chi connectivity index (χ1) is 10.1. The highest BCUT2D eigenvalue weighted by molar-refractivity contribution is 7.14. The summed E-state index contributed by atoms with van der Waals surface area (Å²) in [5.74, 6) is -2.45. The van der Waals surface area contributed by atoms with Gasteiger partial charge in [-0.05, 0) is 31.2 Å². The van der Waals surface area contributed by atoms with Crippen LogP contribution in [0.1, 0.15) is 30.5 Å². The lowest BCUT2D eigenvalue weighted by atomic mass is 9.93. The molecule has 0 aliphatic rings. The number of hydrogen-bond acceptors (Lipinski definition) is 5. The Labute approximate surface area is 125 Å². The molecule has 0 aliphatic carbocycles. The van der Waals surface area contributed by atoms with E-state index in [4.69, 9.17) is 5.26 Å². The van der Waals surface area contributed by atoms with E-state index in [1.807, 2.05) is 13.0 Å². The first kappa shape index (κ1) is 14.6. The first-order valence-electron chi connectivity index (χ1n) is 6.11. The van der Waals surface area contributed by atoms with E-state index in [0.29, 0.717) is 10.4 Å².